The van der Waals surface area contributed by atoms with E-state index < -0.39 is 0 Å². The molecule has 2 aromatic heterocycles. The van der Waals surface area contributed by atoms with Crippen LogP contribution in [0.2, 0.25) is 5.15 Å². The van der Waals surface area contributed by atoms with Gasteiger partial charge in [-0.2, -0.15) is 0 Å². The van der Waals surface area contributed by atoms with E-state index in [1.165, 1.54) is 4.57 Å². The molecule has 0 radical (unpaired) electrons. The van der Waals surface area contributed by atoms with Gasteiger partial charge in [0, 0.05) is 13.1 Å². The van der Waals surface area contributed by atoms with Gasteiger partial charge in [0.25, 0.3) is 0 Å². The van der Waals surface area contributed by atoms with E-state index in [1.807, 2.05) is 24.3 Å². The van der Waals surface area contributed by atoms with Gasteiger partial charge in [-0.25, -0.2) is 14.2 Å². The van der Waals surface area contributed by atoms with Crippen molar-refractivity contribution < 1.29 is 0 Å². The van der Waals surface area contributed by atoms with Crippen molar-refractivity contribution in [2.45, 2.75) is 0 Å². The van der Waals surface area contributed by atoms with Crippen LogP contribution in [-0.4, -0.2) is 14.0 Å². The van der Waals surface area contributed by atoms with Crippen LogP contribution in [0.25, 0.3) is 16.7 Å². The Labute approximate surface area is 95.7 Å². The lowest BCUT2D eigenvalue weighted by Gasteiger charge is -2.01. The standard InChI is InChI=1S/C11H8ClN3O/c1-14-9(12)6-10-13-7-4-2-3-5-8(7)15(10)11(14)16/h2-6H,1H3. The molecular formula is C11H8ClN3O. The number of para-hydroxylation sites is 2. The minimum Gasteiger partial charge on any atom is -0.287 e. The second kappa shape index (κ2) is 3.09. The van der Waals surface area contributed by atoms with Gasteiger partial charge in [0.1, 0.15) is 10.8 Å². The second-order valence-corrected chi connectivity index (χ2v) is 3.99. The first-order valence-corrected chi connectivity index (χ1v) is 5.19. The fourth-order valence-electron chi connectivity index (χ4n) is 1.79. The van der Waals surface area contributed by atoms with Crippen molar-refractivity contribution in [1.82, 2.24) is 14.0 Å². The first-order chi connectivity index (χ1) is 7.68. The summed E-state index contributed by atoms with van der Waals surface area (Å²) >= 11 is 5.93. The van der Waals surface area contributed by atoms with Crippen molar-refractivity contribution in [2.24, 2.45) is 7.05 Å². The molecule has 5 heteroatoms. The van der Waals surface area contributed by atoms with E-state index in [1.54, 1.807) is 17.5 Å². The van der Waals surface area contributed by atoms with Gasteiger partial charge in [-0.3, -0.25) is 4.57 Å². The van der Waals surface area contributed by atoms with Crippen molar-refractivity contribution in [1.29, 1.82) is 0 Å². The third kappa shape index (κ3) is 1.10. The summed E-state index contributed by atoms with van der Waals surface area (Å²) in [6, 6.07) is 9.19. The average molecular weight is 234 g/mol. The van der Waals surface area contributed by atoms with E-state index in [9.17, 15) is 4.79 Å². The molecule has 0 unspecified atom stereocenters. The van der Waals surface area contributed by atoms with Gasteiger partial charge in [-0.1, -0.05) is 23.7 Å². The minimum atomic E-state index is -0.184. The highest BCUT2D eigenvalue weighted by atomic mass is 35.5. The molecule has 0 saturated heterocycles. The van der Waals surface area contributed by atoms with Crippen LogP contribution in [0, 0.1) is 0 Å². The number of hydrogen-bond acceptors (Lipinski definition) is 2. The monoisotopic (exact) mass is 233 g/mol. The zero-order valence-corrected chi connectivity index (χ0v) is 9.27. The maximum absolute atomic E-state index is 12.0. The van der Waals surface area contributed by atoms with Crippen molar-refractivity contribution in [3.05, 3.63) is 46.0 Å². The summed E-state index contributed by atoms with van der Waals surface area (Å²) in [5.74, 6) is 0. The van der Waals surface area contributed by atoms with E-state index in [2.05, 4.69) is 4.98 Å². The molecule has 4 nitrogen and oxygen atoms in total. The van der Waals surface area contributed by atoms with Crippen molar-refractivity contribution in [2.75, 3.05) is 0 Å². The van der Waals surface area contributed by atoms with Gasteiger partial charge >= 0.3 is 5.69 Å². The Morgan fingerprint density at radius 3 is 2.88 bits per heavy atom. The molecule has 0 aliphatic heterocycles. The SMILES string of the molecule is Cn1c(Cl)cc2nc3ccccc3n2c1=O. The summed E-state index contributed by atoms with van der Waals surface area (Å²) in [7, 11) is 1.64. The summed E-state index contributed by atoms with van der Waals surface area (Å²) < 4.78 is 2.95. The molecule has 0 atom stereocenters. The topological polar surface area (TPSA) is 39.3 Å². The van der Waals surface area contributed by atoms with Crippen LogP contribution in [0.5, 0.6) is 0 Å². The van der Waals surface area contributed by atoms with Crippen molar-refractivity contribution in [3.63, 3.8) is 0 Å². The highest BCUT2D eigenvalue weighted by Crippen LogP contribution is 2.16. The Kier molecular flexibility index (Phi) is 1.82. The lowest BCUT2D eigenvalue weighted by Crippen LogP contribution is -2.24. The Hall–Kier alpha value is -1.81. The molecule has 80 valence electrons. The summed E-state index contributed by atoms with van der Waals surface area (Å²) in [5.41, 5.74) is 1.99. The summed E-state index contributed by atoms with van der Waals surface area (Å²) in [5, 5.41) is 0.382. The van der Waals surface area contributed by atoms with E-state index in [0.717, 1.165) is 11.0 Å². The molecule has 3 rings (SSSR count). The number of hydrogen-bond donors (Lipinski definition) is 0. The summed E-state index contributed by atoms with van der Waals surface area (Å²) in [6.45, 7) is 0. The molecule has 16 heavy (non-hydrogen) atoms. The van der Waals surface area contributed by atoms with Crippen LogP contribution < -0.4 is 5.69 Å². The summed E-state index contributed by atoms with van der Waals surface area (Å²) in [4.78, 5) is 16.4. The fourth-order valence-corrected chi connectivity index (χ4v) is 1.96. The van der Waals surface area contributed by atoms with Gasteiger partial charge in [0.05, 0.1) is 11.0 Å². The van der Waals surface area contributed by atoms with Crippen LogP contribution in [0.3, 0.4) is 0 Å². The molecule has 0 aliphatic carbocycles. The number of benzene rings is 1. The molecule has 1 aromatic carbocycles. The predicted molar refractivity (Wildman–Crippen MR) is 62.9 cm³/mol. The smallest absolute Gasteiger partial charge is 0.287 e. The highest BCUT2D eigenvalue weighted by Gasteiger charge is 2.09. The third-order valence-electron chi connectivity index (χ3n) is 2.63. The zero-order chi connectivity index (χ0) is 11.3. The first kappa shape index (κ1) is 9.42. The van der Waals surface area contributed by atoms with Crippen molar-refractivity contribution >= 4 is 28.3 Å². The lowest BCUT2D eigenvalue weighted by molar-refractivity contribution is 0.798. The number of nitrogens with zero attached hydrogens (tertiary/aromatic N) is 3. The average Bonchev–Trinajstić information content (AvgIpc) is 2.64. The Bertz CT molecular complexity index is 757. The number of imidazole rings is 1. The molecule has 3 aromatic rings. The molecule has 0 saturated carbocycles. The number of halogens is 1. The van der Waals surface area contributed by atoms with Crippen LogP contribution in [0.1, 0.15) is 0 Å². The third-order valence-corrected chi connectivity index (χ3v) is 3.00. The summed E-state index contributed by atoms with van der Waals surface area (Å²) in [6.07, 6.45) is 0. The van der Waals surface area contributed by atoms with Gasteiger partial charge in [0.15, 0.2) is 0 Å². The van der Waals surface area contributed by atoms with E-state index in [-0.39, 0.29) is 5.69 Å². The minimum absolute atomic E-state index is 0.184. The predicted octanol–water partition coefficient (Wildman–Crippen LogP) is 1.84. The Morgan fingerprint density at radius 1 is 1.31 bits per heavy atom. The van der Waals surface area contributed by atoms with Gasteiger partial charge in [-0.15, -0.1) is 0 Å². The lowest BCUT2D eigenvalue weighted by atomic mass is 10.3. The molecule has 0 bridgehead atoms. The van der Waals surface area contributed by atoms with Gasteiger partial charge < -0.3 is 0 Å². The second-order valence-electron chi connectivity index (χ2n) is 3.60. The molecule has 0 N–H and O–H groups in total. The number of rotatable bonds is 0. The number of fused-ring (bicyclic) bond motifs is 3. The highest BCUT2D eigenvalue weighted by molar-refractivity contribution is 6.29. The zero-order valence-electron chi connectivity index (χ0n) is 8.51. The van der Waals surface area contributed by atoms with Gasteiger partial charge in [-0.05, 0) is 12.1 Å². The molecule has 0 aliphatic rings. The van der Waals surface area contributed by atoms with Crippen LogP contribution in [-0.2, 0) is 7.05 Å². The van der Waals surface area contributed by atoms with E-state index >= 15 is 0 Å². The quantitative estimate of drug-likeness (QED) is 0.556. The van der Waals surface area contributed by atoms with Crippen LogP contribution >= 0.6 is 11.6 Å². The molecule has 0 amide bonds. The molecular weight excluding hydrogens is 226 g/mol. The first-order valence-electron chi connectivity index (χ1n) is 4.81. The Balaban J connectivity index is 2.68. The van der Waals surface area contributed by atoms with E-state index in [0.29, 0.717) is 10.8 Å². The van der Waals surface area contributed by atoms with Crippen LogP contribution in [0.4, 0.5) is 0 Å². The fraction of sp³-hybridized carbons (Fsp3) is 0.0909. The normalized spacial score (nSPS) is 11.4. The van der Waals surface area contributed by atoms with E-state index in [4.69, 9.17) is 11.6 Å². The van der Waals surface area contributed by atoms with Gasteiger partial charge in [0.2, 0.25) is 0 Å². The Morgan fingerprint density at radius 2 is 2.06 bits per heavy atom. The number of aromatic nitrogens is 3. The largest absolute Gasteiger partial charge is 0.335 e. The van der Waals surface area contributed by atoms with Crippen LogP contribution in [0.15, 0.2) is 35.1 Å². The molecule has 0 spiro atoms. The maximum atomic E-state index is 12.0. The molecule has 2 heterocycles. The maximum Gasteiger partial charge on any atom is 0.335 e. The molecule has 0 fully saturated rings. The van der Waals surface area contributed by atoms with Crippen molar-refractivity contribution in [3.8, 4) is 0 Å².